The SMILES string of the molecule is CCOC(=O)/C(C#N)=C/c1ccc(-c2c(C)cccc2[N+](=O)[O-])o1. The van der Waals surface area contributed by atoms with E-state index in [9.17, 15) is 14.9 Å². The van der Waals surface area contributed by atoms with Crippen LogP contribution in [0.1, 0.15) is 18.2 Å². The molecule has 0 spiro atoms. The number of nitriles is 1. The summed E-state index contributed by atoms with van der Waals surface area (Å²) in [4.78, 5) is 22.3. The van der Waals surface area contributed by atoms with Crippen LogP contribution in [-0.4, -0.2) is 17.5 Å². The largest absolute Gasteiger partial charge is 0.462 e. The molecule has 1 aromatic carbocycles. The Morgan fingerprint density at radius 1 is 1.42 bits per heavy atom. The number of hydrogen-bond acceptors (Lipinski definition) is 6. The van der Waals surface area contributed by atoms with Crippen LogP contribution in [0.3, 0.4) is 0 Å². The van der Waals surface area contributed by atoms with Crippen molar-refractivity contribution >= 4 is 17.7 Å². The first kappa shape index (κ1) is 17.0. The fourth-order valence-corrected chi connectivity index (χ4v) is 2.18. The molecule has 0 unspecified atom stereocenters. The first-order valence-corrected chi connectivity index (χ1v) is 7.11. The number of nitrogens with zero attached hydrogens (tertiary/aromatic N) is 2. The average Bonchev–Trinajstić information content (AvgIpc) is 3.00. The van der Waals surface area contributed by atoms with Gasteiger partial charge in [0.2, 0.25) is 0 Å². The lowest BCUT2D eigenvalue weighted by Gasteiger charge is -2.03. The van der Waals surface area contributed by atoms with Gasteiger partial charge in [0.1, 0.15) is 23.2 Å². The van der Waals surface area contributed by atoms with Gasteiger partial charge in [0.25, 0.3) is 5.69 Å². The molecule has 2 rings (SSSR count). The third-order valence-electron chi connectivity index (χ3n) is 3.22. The maximum absolute atomic E-state index is 11.6. The predicted molar refractivity (Wildman–Crippen MR) is 85.8 cm³/mol. The van der Waals surface area contributed by atoms with Crippen LogP contribution in [0.4, 0.5) is 5.69 Å². The van der Waals surface area contributed by atoms with Gasteiger partial charge in [-0.25, -0.2) is 4.79 Å². The minimum absolute atomic E-state index is 0.0780. The van der Waals surface area contributed by atoms with Gasteiger partial charge in [-0.05, 0) is 31.5 Å². The van der Waals surface area contributed by atoms with E-state index >= 15 is 0 Å². The van der Waals surface area contributed by atoms with Crippen LogP contribution >= 0.6 is 0 Å². The molecule has 0 fully saturated rings. The van der Waals surface area contributed by atoms with Crippen LogP contribution in [0.25, 0.3) is 17.4 Å². The van der Waals surface area contributed by atoms with Crippen LogP contribution in [0.2, 0.25) is 0 Å². The highest BCUT2D eigenvalue weighted by Crippen LogP contribution is 2.34. The number of benzene rings is 1. The predicted octanol–water partition coefficient (Wildman–Crippen LogP) is 3.63. The molecule has 0 saturated heterocycles. The molecule has 0 amide bonds. The molecular formula is C17H14N2O5. The molecule has 0 radical (unpaired) electrons. The van der Waals surface area contributed by atoms with E-state index in [1.54, 1.807) is 38.1 Å². The van der Waals surface area contributed by atoms with Gasteiger partial charge >= 0.3 is 5.97 Å². The van der Waals surface area contributed by atoms with E-state index in [0.717, 1.165) is 0 Å². The van der Waals surface area contributed by atoms with Gasteiger partial charge < -0.3 is 9.15 Å². The molecule has 0 aliphatic heterocycles. The summed E-state index contributed by atoms with van der Waals surface area (Å²) in [6.07, 6.45) is 1.24. The minimum Gasteiger partial charge on any atom is -0.462 e. The second kappa shape index (κ2) is 7.24. The third kappa shape index (κ3) is 3.50. The number of esters is 1. The lowest BCUT2D eigenvalue weighted by atomic mass is 10.0. The molecule has 0 N–H and O–H groups in total. The Labute approximate surface area is 137 Å². The first-order chi connectivity index (χ1) is 11.5. The quantitative estimate of drug-likeness (QED) is 0.273. The Hall–Kier alpha value is -3.40. The van der Waals surface area contributed by atoms with Crippen LogP contribution in [0.5, 0.6) is 0 Å². The standard InChI is InChI=1S/C17H14N2O5/c1-3-23-17(20)12(10-18)9-13-7-8-15(24-13)16-11(2)5-4-6-14(16)19(21)22/h4-9H,3H2,1-2H3/b12-9+. The summed E-state index contributed by atoms with van der Waals surface area (Å²) in [5.74, 6) is -0.237. The summed E-state index contributed by atoms with van der Waals surface area (Å²) < 4.78 is 10.3. The monoisotopic (exact) mass is 326 g/mol. The Kier molecular flexibility index (Phi) is 5.12. The number of aryl methyl sites for hydroxylation is 1. The molecule has 0 atom stereocenters. The molecule has 1 heterocycles. The van der Waals surface area contributed by atoms with Gasteiger partial charge in [-0.15, -0.1) is 0 Å². The van der Waals surface area contributed by atoms with Crippen LogP contribution in [0, 0.1) is 28.4 Å². The minimum atomic E-state index is -0.750. The zero-order chi connectivity index (χ0) is 17.7. The van der Waals surface area contributed by atoms with Gasteiger partial charge in [-0.1, -0.05) is 12.1 Å². The number of rotatable bonds is 5. The summed E-state index contributed by atoms with van der Waals surface area (Å²) >= 11 is 0. The summed E-state index contributed by atoms with van der Waals surface area (Å²) in [7, 11) is 0. The molecular weight excluding hydrogens is 312 g/mol. The maximum atomic E-state index is 11.6. The van der Waals surface area contributed by atoms with Crippen molar-refractivity contribution in [1.29, 1.82) is 5.26 Å². The molecule has 24 heavy (non-hydrogen) atoms. The Balaban J connectivity index is 2.44. The Morgan fingerprint density at radius 2 is 2.17 bits per heavy atom. The molecule has 2 aromatic rings. The van der Waals surface area contributed by atoms with E-state index in [1.165, 1.54) is 18.2 Å². The first-order valence-electron chi connectivity index (χ1n) is 7.11. The van der Waals surface area contributed by atoms with E-state index in [1.807, 2.05) is 0 Å². The van der Waals surface area contributed by atoms with Crippen molar-refractivity contribution < 1.29 is 18.9 Å². The second-order valence-corrected chi connectivity index (χ2v) is 4.82. The molecule has 0 aliphatic rings. The summed E-state index contributed by atoms with van der Waals surface area (Å²) in [5.41, 5.74) is 0.750. The lowest BCUT2D eigenvalue weighted by Crippen LogP contribution is -2.05. The van der Waals surface area contributed by atoms with Crippen molar-refractivity contribution in [2.75, 3.05) is 6.61 Å². The molecule has 122 valence electrons. The third-order valence-corrected chi connectivity index (χ3v) is 3.22. The van der Waals surface area contributed by atoms with Crippen molar-refractivity contribution in [3.63, 3.8) is 0 Å². The van der Waals surface area contributed by atoms with E-state index in [-0.39, 0.29) is 29.4 Å². The van der Waals surface area contributed by atoms with Gasteiger partial charge in [0, 0.05) is 12.1 Å². The average molecular weight is 326 g/mol. The topological polar surface area (TPSA) is 106 Å². The number of ether oxygens (including phenoxy) is 1. The van der Waals surface area contributed by atoms with Gasteiger partial charge in [-0.3, -0.25) is 10.1 Å². The second-order valence-electron chi connectivity index (χ2n) is 4.82. The van der Waals surface area contributed by atoms with E-state index in [0.29, 0.717) is 11.1 Å². The molecule has 0 saturated carbocycles. The van der Waals surface area contributed by atoms with E-state index in [2.05, 4.69) is 0 Å². The van der Waals surface area contributed by atoms with Crippen LogP contribution in [-0.2, 0) is 9.53 Å². The number of hydrogen-bond donors (Lipinski definition) is 0. The van der Waals surface area contributed by atoms with Crippen molar-refractivity contribution in [2.24, 2.45) is 0 Å². The molecule has 7 heteroatoms. The van der Waals surface area contributed by atoms with Crippen LogP contribution in [0.15, 0.2) is 40.3 Å². The highest BCUT2D eigenvalue weighted by Gasteiger charge is 2.20. The molecule has 0 bridgehead atoms. The fourth-order valence-electron chi connectivity index (χ4n) is 2.18. The van der Waals surface area contributed by atoms with Crippen molar-refractivity contribution in [1.82, 2.24) is 0 Å². The fraction of sp³-hybridized carbons (Fsp3) is 0.176. The number of nitro benzene ring substituents is 1. The summed E-state index contributed by atoms with van der Waals surface area (Å²) in [6.45, 7) is 3.52. The lowest BCUT2D eigenvalue weighted by molar-refractivity contribution is -0.384. The summed E-state index contributed by atoms with van der Waals surface area (Å²) in [6, 6.07) is 9.55. The van der Waals surface area contributed by atoms with E-state index < -0.39 is 10.9 Å². The smallest absolute Gasteiger partial charge is 0.349 e. The molecule has 1 aromatic heterocycles. The van der Waals surface area contributed by atoms with Gasteiger partial charge in [0.15, 0.2) is 0 Å². The van der Waals surface area contributed by atoms with Crippen molar-refractivity contribution in [3.05, 3.63) is 57.3 Å². The van der Waals surface area contributed by atoms with Crippen molar-refractivity contribution in [3.8, 4) is 17.4 Å². The highest BCUT2D eigenvalue weighted by atomic mass is 16.6. The summed E-state index contributed by atoms with van der Waals surface area (Å²) in [5, 5.41) is 20.2. The zero-order valence-electron chi connectivity index (χ0n) is 13.1. The normalized spacial score (nSPS) is 11.0. The Bertz CT molecular complexity index is 858. The number of nitro groups is 1. The highest BCUT2D eigenvalue weighted by molar-refractivity contribution is 5.97. The molecule has 0 aliphatic carbocycles. The maximum Gasteiger partial charge on any atom is 0.349 e. The number of furan rings is 1. The van der Waals surface area contributed by atoms with Gasteiger partial charge in [0.05, 0.1) is 17.1 Å². The Morgan fingerprint density at radius 3 is 2.79 bits per heavy atom. The zero-order valence-corrected chi connectivity index (χ0v) is 13.1. The van der Waals surface area contributed by atoms with Crippen LogP contribution < -0.4 is 0 Å². The molecule has 7 nitrogen and oxygen atoms in total. The van der Waals surface area contributed by atoms with Gasteiger partial charge in [-0.2, -0.15) is 5.26 Å². The number of carbonyl (C=O) groups excluding carboxylic acids is 1. The number of carbonyl (C=O) groups is 1. The van der Waals surface area contributed by atoms with Crippen molar-refractivity contribution in [2.45, 2.75) is 13.8 Å². The van der Waals surface area contributed by atoms with E-state index in [4.69, 9.17) is 14.4 Å².